The number of nitrogens with one attached hydrogen (secondary N) is 2. The van der Waals surface area contributed by atoms with Crippen molar-refractivity contribution in [1.82, 2.24) is 9.97 Å². The van der Waals surface area contributed by atoms with Crippen molar-refractivity contribution in [3.05, 3.63) is 96.6 Å². The summed E-state index contributed by atoms with van der Waals surface area (Å²) >= 11 is 0. The molecule has 5 heteroatoms. The van der Waals surface area contributed by atoms with E-state index in [2.05, 4.69) is 30.7 Å². The Hall–Kier alpha value is -3.34. The van der Waals surface area contributed by atoms with Gasteiger partial charge in [0.05, 0.1) is 0 Å². The van der Waals surface area contributed by atoms with E-state index in [1.807, 2.05) is 42.5 Å². The highest BCUT2D eigenvalue weighted by atomic mass is 16.3. The fourth-order valence-corrected chi connectivity index (χ4v) is 2.70. The number of benzene rings is 2. The Kier molecular flexibility index (Phi) is 4.86. The van der Waals surface area contributed by atoms with Crippen molar-refractivity contribution in [3.63, 3.8) is 0 Å². The average Bonchev–Trinajstić information content (AvgIpc) is 2.61. The molecule has 0 aliphatic rings. The molecule has 0 fully saturated rings. The number of aromatic amines is 2. The molecule has 138 valence electrons. The zero-order valence-electron chi connectivity index (χ0n) is 15.5. The second kappa shape index (κ2) is 7.11. The van der Waals surface area contributed by atoms with Gasteiger partial charge in [-0.05, 0) is 40.8 Å². The van der Waals surface area contributed by atoms with E-state index < -0.39 is 11.1 Å². The predicted molar refractivity (Wildman–Crippen MR) is 107 cm³/mol. The molecular weight excluding hydrogens is 340 g/mol. The van der Waals surface area contributed by atoms with Gasteiger partial charge < -0.3 is 15.1 Å². The maximum atomic E-state index is 12.4. The summed E-state index contributed by atoms with van der Waals surface area (Å²) in [7, 11) is 0. The molecule has 2 aromatic carbocycles. The van der Waals surface area contributed by atoms with Gasteiger partial charge in [-0.25, -0.2) is 0 Å². The Morgan fingerprint density at radius 2 is 1.44 bits per heavy atom. The Bertz CT molecular complexity index is 1200. The second-order valence-corrected chi connectivity index (χ2v) is 7.46. The Morgan fingerprint density at radius 1 is 0.852 bits per heavy atom. The van der Waals surface area contributed by atoms with Crippen LogP contribution in [0.1, 0.15) is 37.5 Å². The number of hydrogen-bond acceptors (Lipinski definition) is 3. The summed E-state index contributed by atoms with van der Waals surface area (Å²) in [5.41, 5.74) is 1.35. The van der Waals surface area contributed by atoms with Gasteiger partial charge in [-0.1, -0.05) is 57.2 Å². The maximum Gasteiger partial charge on any atom is 0.272 e. The Balaban J connectivity index is 2.15. The number of phenols is 1. The third-order valence-electron chi connectivity index (χ3n) is 4.29. The van der Waals surface area contributed by atoms with E-state index in [-0.39, 0.29) is 21.9 Å². The highest BCUT2D eigenvalue weighted by Gasteiger charge is 2.14. The van der Waals surface area contributed by atoms with Crippen LogP contribution in [0.4, 0.5) is 0 Å². The summed E-state index contributed by atoms with van der Waals surface area (Å²) in [5.74, 6) is 0.0446. The van der Waals surface area contributed by atoms with E-state index in [1.165, 1.54) is 6.08 Å². The first-order valence-corrected chi connectivity index (χ1v) is 8.69. The van der Waals surface area contributed by atoms with Crippen molar-refractivity contribution in [3.8, 4) is 5.75 Å². The fourth-order valence-electron chi connectivity index (χ4n) is 2.70. The first-order chi connectivity index (χ1) is 12.7. The molecule has 0 spiro atoms. The van der Waals surface area contributed by atoms with Crippen molar-refractivity contribution in [2.75, 3.05) is 0 Å². The second-order valence-electron chi connectivity index (χ2n) is 7.46. The van der Waals surface area contributed by atoms with Crippen LogP contribution in [0, 0.1) is 0 Å². The van der Waals surface area contributed by atoms with Gasteiger partial charge in [0.2, 0.25) is 0 Å². The first-order valence-electron chi connectivity index (χ1n) is 8.69. The summed E-state index contributed by atoms with van der Waals surface area (Å²) in [4.78, 5) is 30.0. The van der Waals surface area contributed by atoms with Crippen molar-refractivity contribution < 1.29 is 5.11 Å². The molecule has 5 nitrogen and oxygen atoms in total. The quantitative estimate of drug-likeness (QED) is 0.649. The van der Waals surface area contributed by atoms with Crippen LogP contribution in [0.15, 0.2) is 58.1 Å². The lowest BCUT2D eigenvalue weighted by Gasteiger charge is -2.19. The molecule has 0 atom stereocenters. The molecule has 0 bridgehead atoms. The zero-order chi connectivity index (χ0) is 19.6. The summed E-state index contributed by atoms with van der Waals surface area (Å²) in [6.45, 7) is 6.18. The van der Waals surface area contributed by atoms with Crippen LogP contribution < -0.4 is 21.8 Å². The lowest BCUT2D eigenvalue weighted by atomic mass is 9.86. The molecule has 0 aliphatic carbocycles. The van der Waals surface area contributed by atoms with E-state index in [0.717, 1.165) is 11.1 Å². The number of rotatable bonds is 2. The number of aromatic nitrogens is 2. The number of H-pyrrole nitrogens is 2. The minimum Gasteiger partial charge on any atom is -0.507 e. The minimum atomic E-state index is -0.433. The number of aromatic hydroxyl groups is 1. The Morgan fingerprint density at radius 3 is 2.04 bits per heavy atom. The van der Waals surface area contributed by atoms with Gasteiger partial charge in [0.15, 0.2) is 0 Å². The van der Waals surface area contributed by atoms with Crippen molar-refractivity contribution in [2.24, 2.45) is 0 Å². The molecule has 1 aromatic heterocycles. The number of hydrogen-bond donors (Lipinski definition) is 3. The first kappa shape index (κ1) is 18.5. The van der Waals surface area contributed by atoms with E-state index in [9.17, 15) is 14.7 Å². The number of phenolic OH excluding ortho intramolecular Hbond substituents is 1. The van der Waals surface area contributed by atoms with Crippen LogP contribution in [0.5, 0.6) is 5.75 Å². The topological polar surface area (TPSA) is 85.9 Å². The third-order valence-corrected chi connectivity index (χ3v) is 4.29. The SMILES string of the molecule is CC(C)(C)c1ccc(O)c(/C=c2\[nH]c(=O)/c(=C/c3ccccc3)[nH]c2=O)c1. The summed E-state index contributed by atoms with van der Waals surface area (Å²) in [5, 5.41) is 10.4. The molecule has 3 N–H and O–H groups in total. The van der Waals surface area contributed by atoms with Gasteiger partial charge in [0.1, 0.15) is 16.4 Å². The maximum absolute atomic E-state index is 12.4. The Labute approximate surface area is 156 Å². The normalized spacial score (nSPS) is 13.1. The van der Waals surface area contributed by atoms with Crippen molar-refractivity contribution in [1.29, 1.82) is 0 Å². The molecule has 3 rings (SSSR count). The van der Waals surface area contributed by atoms with Gasteiger partial charge in [-0.15, -0.1) is 0 Å². The largest absolute Gasteiger partial charge is 0.507 e. The monoisotopic (exact) mass is 362 g/mol. The van der Waals surface area contributed by atoms with Gasteiger partial charge in [-0.3, -0.25) is 9.59 Å². The third kappa shape index (κ3) is 4.26. The van der Waals surface area contributed by atoms with Crippen LogP contribution in [0.25, 0.3) is 12.2 Å². The molecule has 1 heterocycles. The van der Waals surface area contributed by atoms with Crippen molar-refractivity contribution in [2.45, 2.75) is 26.2 Å². The van der Waals surface area contributed by atoms with Crippen LogP contribution in [-0.4, -0.2) is 15.1 Å². The van der Waals surface area contributed by atoms with Gasteiger partial charge >= 0.3 is 0 Å². The van der Waals surface area contributed by atoms with Crippen molar-refractivity contribution >= 4 is 12.2 Å². The minimum absolute atomic E-state index is 0.0446. The van der Waals surface area contributed by atoms with Gasteiger partial charge in [-0.2, -0.15) is 0 Å². The van der Waals surface area contributed by atoms with Crippen LogP contribution in [0.3, 0.4) is 0 Å². The molecule has 0 unspecified atom stereocenters. The molecular formula is C22H22N2O3. The summed E-state index contributed by atoms with van der Waals surface area (Å²) < 4.78 is 0. The molecule has 0 saturated heterocycles. The molecule has 0 saturated carbocycles. The van der Waals surface area contributed by atoms with Crippen LogP contribution in [0.2, 0.25) is 0 Å². The molecule has 0 radical (unpaired) electrons. The van der Waals surface area contributed by atoms with E-state index in [1.54, 1.807) is 12.1 Å². The van der Waals surface area contributed by atoms with Gasteiger partial charge in [0, 0.05) is 5.56 Å². The van der Waals surface area contributed by atoms with E-state index in [4.69, 9.17) is 0 Å². The predicted octanol–water partition coefficient (Wildman–Crippen LogP) is 1.72. The zero-order valence-corrected chi connectivity index (χ0v) is 15.5. The molecule has 0 aliphatic heterocycles. The average molecular weight is 362 g/mol. The highest BCUT2D eigenvalue weighted by Crippen LogP contribution is 2.27. The smallest absolute Gasteiger partial charge is 0.272 e. The molecule has 0 amide bonds. The van der Waals surface area contributed by atoms with Crippen LogP contribution >= 0.6 is 0 Å². The highest BCUT2D eigenvalue weighted by molar-refractivity contribution is 5.57. The lowest BCUT2D eigenvalue weighted by Crippen LogP contribution is -2.46. The molecule has 3 aromatic rings. The lowest BCUT2D eigenvalue weighted by molar-refractivity contribution is 0.472. The van der Waals surface area contributed by atoms with E-state index >= 15 is 0 Å². The standard InChI is InChI=1S/C22H22N2O3/c1-22(2,3)16-9-10-19(25)15(12-16)13-18-21(27)23-17(20(26)24-18)11-14-7-5-4-6-8-14/h4-13,25H,1-3H3,(H,23,27)(H,24,26)/b17-11-,18-13-. The fraction of sp³-hybridized carbons (Fsp3) is 0.182. The summed E-state index contributed by atoms with van der Waals surface area (Å²) in [6, 6.07) is 14.5. The van der Waals surface area contributed by atoms with E-state index in [0.29, 0.717) is 5.56 Å². The van der Waals surface area contributed by atoms with Gasteiger partial charge in [0.25, 0.3) is 11.1 Å². The molecule has 27 heavy (non-hydrogen) atoms. The summed E-state index contributed by atoms with van der Waals surface area (Å²) in [6.07, 6.45) is 3.10. The van der Waals surface area contributed by atoms with Crippen LogP contribution in [-0.2, 0) is 5.41 Å².